The van der Waals surface area contributed by atoms with E-state index in [9.17, 15) is 29.4 Å². The number of carboxylic acid groups (broad SMARTS) is 2. The first-order valence-corrected chi connectivity index (χ1v) is 10.4. The summed E-state index contributed by atoms with van der Waals surface area (Å²) in [6, 6.07) is 16.4. The van der Waals surface area contributed by atoms with Crippen LogP contribution in [0.1, 0.15) is 55.5 Å². The zero-order chi connectivity index (χ0) is 24.1. The van der Waals surface area contributed by atoms with Crippen LogP contribution < -0.4 is 5.73 Å². The first-order chi connectivity index (χ1) is 15.8. The number of benzene rings is 3. The molecule has 0 heterocycles. The normalized spacial score (nSPS) is 11.6. The highest BCUT2D eigenvalue weighted by atomic mass is 16.4. The Balaban J connectivity index is 2.22. The van der Waals surface area contributed by atoms with Crippen LogP contribution in [0.2, 0.25) is 0 Å². The van der Waals surface area contributed by atoms with Crippen molar-refractivity contribution in [3.05, 3.63) is 94.5 Å². The summed E-state index contributed by atoms with van der Waals surface area (Å²) in [4.78, 5) is 49.3. The maximum absolute atomic E-state index is 13.4. The maximum atomic E-state index is 13.4. The van der Waals surface area contributed by atoms with Crippen LogP contribution in [0.3, 0.4) is 0 Å². The third-order valence-corrected chi connectivity index (χ3v) is 5.37. The average molecular weight is 445 g/mol. The van der Waals surface area contributed by atoms with Crippen LogP contribution in [-0.4, -0.2) is 39.8 Å². The molecule has 3 aromatic carbocycles. The first-order valence-electron chi connectivity index (χ1n) is 10.4. The Morgan fingerprint density at radius 3 is 1.97 bits per heavy atom. The van der Waals surface area contributed by atoms with Gasteiger partial charge in [-0.25, -0.2) is 4.79 Å². The van der Waals surface area contributed by atoms with Crippen molar-refractivity contribution in [2.24, 2.45) is 5.73 Å². The molecule has 0 fully saturated rings. The molecule has 33 heavy (non-hydrogen) atoms. The van der Waals surface area contributed by atoms with Gasteiger partial charge >= 0.3 is 11.9 Å². The van der Waals surface area contributed by atoms with Gasteiger partial charge in [0.05, 0.1) is 5.56 Å². The van der Waals surface area contributed by atoms with E-state index in [0.717, 1.165) is 0 Å². The van der Waals surface area contributed by atoms with Gasteiger partial charge in [0.25, 0.3) is 0 Å². The number of hydrogen-bond acceptors (Lipinski definition) is 5. The van der Waals surface area contributed by atoms with Crippen molar-refractivity contribution in [2.75, 3.05) is 0 Å². The predicted molar refractivity (Wildman–Crippen MR) is 123 cm³/mol. The van der Waals surface area contributed by atoms with Crippen LogP contribution >= 0.6 is 0 Å². The number of rotatable bonds is 9. The Labute approximate surface area is 190 Å². The number of aliphatic carboxylic acids is 1. The van der Waals surface area contributed by atoms with Crippen LogP contribution in [0.4, 0.5) is 0 Å². The summed E-state index contributed by atoms with van der Waals surface area (Å²) < 4.78 is 0. The second-order valence-corrected chi connectivity index (χ2v) is 7.49. The van der Waals surface area contributed by atoms with E-state index in [4.69, 9.17) is 5.73 Å². The van der Waals surface area contributed by atoms with E-state index < -0.39 is 23.8 Å². The zero-order valence-electron chi connectivity index (χ0n) is 17.9. The SMILES string of the molecule is CCC(=O)c1c(C[C@@H](N)C(=O)O)cccc1-c1ccccc1C(=O)c1ccccc1C(=O)O. The van der Waals surface area contributed by atoms with E-state index in [1.807, 2.05) is 0 Å². The quantitative estimate of drug-likeness (QED) is 0.426. The van der Waals surface area contributed by atoms with E-state index >= 15 is 0 Å². The molecule has 0 aliphatic heterocycles. The fraction of sp³-hybridized carbons (Fsp3) is 0.154. The summed E-state index contributed by atoms with van der Waals surface area (Å²) in [5.74, 6) is -3.11. The first kappa shape index (κ1) is 23.6. The fourth-order valence-corrected chi connectivity index (χ4v) is 3.75. The Kier molecular flexibility index (Phi) is 7.15. The predicted octanol–water partition coefficient (Wildman–Crippen LogP) is 3.83. The molecule has 3 aromatic rings. The van der Waals surface area contributed by atoms with Crippen molar-refractivity contribution >= 4 is 23.5 Å². The molecule has 7 heteroatoms. The molecule has 3 rings (SSSR count). The van der Waals surface area contributed by atoms with Gasteiger partial charge in [-0.1, -0.05) is 67.6 Å². The maximum Gasteiger partial charge on any atom is 0.336 e. The molecule has 168 valence electrons. The molecule has 1 atom stereocenters. The Hall–Kier alpha value is -4.10. The number of carboxylic acids is 2. The van der Waals surface area contributed by atoms with Gasteiger partial charge in [-0.2, -0.15) is 0 Å². The van der Waals surface area contributed by atoms with Gasteiger partial charge in [-0.3, -0.25) is 14.4 Å². The third-order valence-electron chi connectivity index (χ3n) is 5.37. The minimum atomic E-state index is -1.22. The van der Waals surface area contributed by atoms with Gasteiger partial charge in [0.15, 0.2) is 11.6 Å². The van der Waals surface area contributed by atoms with Crippen LogP contribution in [-0.2, 0) is 11.2 Å². The summed E-state index contributed by atoms with van der Waals surface area (Å²) in [5.41, 5.74) is 7.57. The van der Waals surface area contributed by atoms with E-state index in [0.29, 0.717) is 22.3 Å². The lowest BCUT2D eigenvalue weighted by Crippen LogP contribution is -2.32. The van der Waals surface area contributed by atoms with Gasteiger partial charge in [0.1, 0.15) is 6.04 Å². The highest BCUT2D eigenvalue weighted by molar-refractivity contribution is 6.18. The van der Waals surface area contributed by atoms with E-state index in [1.165, 1.54) is 12.1 Å². The topological polar surface area (TPSA) is 135 Å². The molecular formula is C26H23NO6. The van der Waals surface area contributed by atoms with Crippen molar-refractivity contribution in [2.45, 2.75) is 25.8 Å². The third kappa shape index (κ3) is 4.88. The van der Waals surface area contributed by atoms with E-state index in [1.54, 1.807) is 61.5 Å². The number of hydrogen-bond donors (Lipinski definition) is 3. The standard InChI is InChI=1S/C26H23NO6/c1-2-22(28)23-15(14-21(27)26(32)33)8-7-13-17(23)16-9-3-4-10-18(16)24(29)19-11-5-6-12-20(19)25(30)31/h3-13,21H,2,14,27H2,1H3,(H,30,31)(H,32,33)/t21-/m1/s1. The molecular weight excluding hydrogens is 422 g/mol. The van der Waals surface area contributed by atoms with Crippen LogP contribution in [0.15, 0.2) is 66.7 Å². The molecule has 7 nitrogen and oxygen atoms in total. The van der Waals surface area contributed by atoms with Crippen molar-refractivity contribution in [1.82, 2.24) is 0 Å². The van der Waals surface area contributed by atoms with Crippen molar-refractivity contribution < 1.29 is 29.4 Å². The number of carbonyl (C=O) groups is 4. The number of nitrogens with two attached hydrogens (primary N) is 1. The van der Waals surface area contributed by atoms with Crippen molar-refractivity contribution in [3.63, 3.8) is 0 Å². The fourth-order valence-electron chi connectivity index (χ4n) is 3.75. The highest BCUT2D eigenvalue weighted by Crippen LogP contribution is 2.32. The van der Waals surface area contributed by atoms with Crippen molar-refractivity contribution in [1.29, 1.82) is 0 Å². The Bertz CT molecular complexity index is 1250. The largest absolute Gasteiger partial charge is 0.480 e. The minimum absolute atomic E-state index is 0.0323. The summed E-state index contributed by atoms with van der Waals surface area (Å²) in [7, 11) is 0. The Morgan fingerprint density at radius 2 is 1.36 bits per heavy atom. The van der Waals surface area contributed by atoms with Gasteiger partial charge in [-0.05, 0) is 29.2 Å². The molecule has 0 aliphatic rings. The van der Waals surface area contributed by atoms with Crippen LogP contribution in [0.25, 0.3) is 11.1 Å². The molecule has 0 aliphatic carbocycles. The summed E-state index contributed by atoms with van der Waals surface area (Å²) in [6.07, 6.45) is 0.118. The summed E-state index contributed by atoms with van der Waals surface area (Å²) in [6.45, 7) is 1.69. The van der Waals surface area contributed by atoms with Crippen LogP contribution in [0, 0.1) is 0 Å². The molecule has 0 spiro atoms. The number of Topliss-reactive ketones (excluding diaryl/α,β-unsaturated/α-hetero) is 1. The number of ketones is 2. The van der Waals surface area contributed by atoms with E-state index in [2.05, 4.69) is 0 Å². The summed E-state index contributed by atoms with van der Waals surface area (Å²) >= 11 is 0. The molecule has 0 bridgehead atoms. The van der Waals surface area contributed by atoms with Crippen LogP contribution in [0.5, 0.6) is 0 Å². The minimum Gasteiger partial charge on any atom is -0.480 e. The smallest absolute Gasteiger partial charge is 0.336 e. The lowest BCUT2D eigenvalue weighted by molar-refractivity contribution is -0.138. The van der Waals surface area contributed by atoms with Crippen molar-refractivity contribution in [3.8, 4) is 11.1 Å². The second kappa shape index (κ2) is 10.0. The highest BCUT2D eigenvalue weighted by Gasteiger charge is 2.24. The molecule has 0 saturated carbocycles. The van der Waals surface area contributed by atoms with E-state index in [-0.39, 0.29) is 35.3 Å². The Morgan fingerprint density at radius 1 is 0.788 bits per heavy atom. The lowest BCUT2D eigenvalue weighted by atomic mass is 9.85. The number of aromatic carboxylic acids is 1. The van der Waals surface area contributed by atoms with Gasteiger partial charge < -0.3 is 15.9 Å². The molecule has 0 saturated heterocycles. The molecule has 0 unspecified atom stereocenters. The molecule has 0 aromatic heterocycles. The molecule has 4 N–H and O–H groups in total. The van der Waals surface area contributed by atoms with Gasteiger partial charge in [0, 0.05) is 23.1 Å². The zero-order valence-corrected chi connectivity index (χ0v) is 17.9. The second-order valence-electron chi connectivity index (χ2n) is 7.49. The molecule has 0 radical (unpaired) electrons. The average Bonchev–Trinajstić information content (AvgIpc) is 2.82. The monoisotopic (exact) mass is 445 g/mol. The number of carbonyl (C=O) groups excluding carboxylic acids is 2. The summed E-state index contributed by atoms with van der Waals surface area (Å²) in [5, 5.41) is 18.7. The van der Waals surface area contributed by atoms with Gasteiger partial charge in [0.2, 0.25) is 0 Å². The molecule has 0 amide bonds. The van der Waals surface area contributed by atoms with Gasteiger partial charge in [-0.15, -0.1) is 0 Å². The lowest BCUT2D eigenvalue weighted by Gasteiger charge is -2.17.